The van der Waals surface area contributed by atoms with Crippen molar-refractivity contribution in [3.63, 3.8) is 0 Å². The van der Waals surface area contributed by atoms with Crippen LogP contribution in [0.15, 0.2) is 67.1 Å². The van der Waals surface area contributed by atoms with Gasteiger partial charge in [-0.15, -0.1) is 5.10 Å². The molecule has 0 unspecified atom stereocenters. The Morgan fingerprint density at radius 1 is 0.964 bits per heavy atom. The molecule has 0 aliphatic carbocycles. The Hall–Kier alpha value is -3.45. The minimum atomic E-state index is 0.549. The average Bonchev–Trinajstić information content (AvgIpc) is 3.18. The summed E-state index contributed by atoms with van der Waals surface area (Å²) < 4.78 is 7.33. The summed E-state index contributed by atoms with van der Waals surface area (Å²) in [5, 5.41) is 8.01. The molecule has 1 aromatic carbocycles. The van der Waals surface area contributed by atoms with E-state index in [9.17, 15) is 0 Å². The van der Waals surface area contributed by atoms with Crippen molar-refractivity contribution in [2.75, 3.05) is 36.5 Å². The van der Waals surface area contributed by atoms with Gasteiger partial charge in [0, 0.05) is 42.4 Å². The standard InChI is InChI=1S/C21H20N6O/c1-4-17(13-18(5-1)26-9-11-28-12-10-26)24-21-23-15-19-6-7-20(27(19)25-21)16-3-2-8-22-14-16/h1-8,13-15H,9-12H2,(H,24,25). The number of nitrogens with one attached hydrogen (secondary N) is 1. The molecular weight excluding hydrogens is 352 g/mol. The number of pyridine rings is 1. The van der Waals surface area contributed by atoms with E-state index in [1.165, 1.54) is 5.69 Å². The van der Waals surface area contributed by atoms with E-state index in [0.29, 0.717) is 5.95 Å². The molecule has 3 aromatic heterocycles. The lowest BCUT2D eigenvalue weighted by Gasteiger charge is -2.29. The number of ether oxygens (including phenoxy) is 1. The highest BCUT2D eigenvalue weighted by Gasteiger charge is 2.12. The lowest BCUT2D eigenvalue weighted by atomic mass is 10.2. The number of morpholine rings is 1. The molecule has 1 N–H and O–H groups in total. The fourth-order valence-corrected chi connectivity index (χ4v) is 3.42. The number of hydrogen-bond donors (Lipinski definition) is 1. The molecule has 0 spiro atoms. The monoisotopic (exact) mass is 372 g/mol. The first-order valence-electron chi connectivity index (χ1n) is 9.32. The molecular formula is C21H20N6O. The lowest BCUT2D eigenvalue weighted by Crippen LogP contribution is -2.36. The van der Waals surface area contributed by atoms with Crippen LogP contribution in [0.25, 0.3) is 16.8 Å². The number of anilines is 3. The number of hydrogen-bond acceptors (Lipinski definition) is 6. The summed E-state index contributed by atoms with van der Waals surface area (Å²) in [5.41, 5.74) is 5.06. The van der Waals surface area contributed by atoms with E-state index >= 15 is 0 Å². The second kappa shape index (κ2) is 7.28. The molecule has 1 aliphatic heterocycles. The molecule has 0 amide bonds. The van der Waals surface area contributed by atoms with E-state index in [1.54, 1.807) is 6.20 Å². The molecule has 0 saturated carbocycles. The zero-order valence-corrected chi connectivity index (χ0v) is 15.3. The topological polar surface area (TPSA) is 67.6 Å². The van der Waals surface area contributed by atoms with Crippen molar-refractivity contribution in [1.29, 1.82) is 0 Å². The summed E-state index contributed by atoms with van der Waals surface area (Å²) in [6.07, 6.45) is 5.42. The van der Waals surface area contributed by atoms with Gasteiger partial charge in [0.1, 0.15) is 0 Å². The van der Waals surface area contributed by atoms with E-state index < -0.39 is 0 Å². The average molecular weight is 372 g/mol. The normalized spacial score (nSPS) is 14.4. The molecule has 140 valence electrons. The summed E-state index contributed by atoms with van der Waals surface area (Å²) in [7, 11) is 0. The highest BCUT2D eigenvalue weighted by atomic mass is 16.5. The first-order valence-corrected chi connectivity index (χ1v) is 9.32. The molecule has 1 aliphatic rings. The summed E-state index contributed by atoms with van der Waals surface area (Å²) in [6.45, 7) is 3.35. The van der Waals surface area contributed by atoms with Crippen molar-refractivity contribution in [1.82, 2.24) is 19.6 Å². The Kier molecular flexibility index (Phi) is 4.34. The molecule has 7 heteroatoms. The number of aromatic nitrogens is 4. The third-order valence-electron chi connectivity index (χ3n) is 4.83. The van der Waals surface area contributed by atoms with E-state index in [4.69, 9.17) is 4.74 Å². The molecule has 1 fully saturated rings. The van der Waals surface area contributed by atoms with Crippen LogP contribution in [0.3, 0.4) is 0 Å². The van der Waals surface area contributed by atoms with E-state index in [-0.39, 0.29) is 0 Å². The quantitative estimate of drug-likeness (QED) is 0.592. The maximum absolute atomic E-state index is 5.44. The van der Waals surface area contributed by atoms with Gasteiger partial charge in [-0.25, -0.2) is 9.50 Å². The molecule has 7 nitrogen and oxygen atoms in total. The molecule has 5 rings (SSSR count). The van der Waals surface area contributed by atoms with Crippen molar-refractivity contribution < 1.29 is 4.74 Å². The van der Waals surface area contributed by atoms with E-state index in [2.05, 4.69) is 37.4 Å². The summed E-state index contributed by atoms with van der Waals surface area (Å²) >= 11 is 0. The van der Waals surface area contributed by atoms with Crippen LogP contribution < -0.4 is 10.2 Å². The first-order chi connectivity index (χ1) is 13.9. The Morgan fingerprint density at radius 2 is 1.89 bits per heavy atom. The SMILES string of the molecule is c1cncc(-c2ccc3cnc(Nc4cccc(N5CCOCC5)c4)nn23)c1. The minimum Gasteiger partial charge on any atom is -0.378 e. The predicted molar refractivity (Wildman–Crippen MR) is 109 cm³/mol. The maximum atomic E-state index is 5.44. The van der Waals surface area contributed by atoms with Crippen LogP contribution in [0.1, 0.15) is 0 Å². The molecule has 4 aromatic rings. The number of fused-ring (bicyclic) bond motifs is 1. The van der Waals surface area contributed by atoms with Gasteiger partial charge in [-0.3, -0.25) is 4.98 Å². The second-order valence-corrected chi connectivity index (χ2v) is 6.65. The molecule has 1 saturated heterocycles. The number of benzene rings is 1. The van der Waals surface area contributed by atoms with Gasteiger partial charge >= 0.3 is 0 Å². The van der Waals surface area contributed by atoms with Gasteiger partial charge in [0.05, 0.1) is 30.6 Å². The van der Waals surface area contributed by atoms with Crippen LogP contribution >= 0.6 is 0 Å². The van der Waals surface area contributed by atoms with Crippen molar-refractivity contribution in [2.45, 2.75) is 0 Å². The zero-order chi connectivity index (χ0) is 18.8. The Labute approximate surface area is 162 Å². The van der Waals surface area contributed by atoms with Crippen molar-refractivity contribution in [2.24, 2.45) is 0 Å². The van der Waals surface area contributed by atoms with E-state index in [1.807, 2.05) is 53.3 Å². The Morgan fingerprint density at radius 3 is 2.75 bits per heavy atom. The number of nitrogens with zero attached hydrogens (tertiary/aromatic N) is 5. The van der Waals surface area contributed by atoms with Gasteiger partial charge < -0.3 is 15.0 Å². The molecule has 0 radical (unpaired) electrons. The van der Waals surface area contributed by atoms with Gasteiger partial charge in [-0.1, -0.05) is 6.07 Å². The van der Waals surface area contributed by atoms with Gasteiger partial charge in [0.2, 0.25) is 5.95 Å². The largest absolute Gasteiger partial charge is 0.378 e. The zero-order valence-electron chi connectivity index (χ0n) is 15.3. The Bertz CT molecular complexity index is 1090. The first kappa shape index (κ1) is 16.7. The summed E-state index contributed by atoms with van der Waals surface area (Å²) in [4.78, 5) is 11.0. The van der Waals surface area contributed by atoms with Crippen LogP contribution in [0.4, 0.5) is 17.3 Å². The van der Waals surface area contributed by atoms with Crippen molar-refractivity contribution in [3.05, 3.63) is 67.1 Å². The van der Waals surface area contributed by atoms with Gasteiger partial charge in [0.25, 0.3) is 0 Å². The summed E-state index contributed by atoms with van der Waals surface area (Å²) in [5.74, 6) is 0.549. The highest BCUT2D eigenvalue weighted by Crippen LogP contribution is 2.24. The van der Waals surface area contributed by atoms with Crippen LogP contribution in [0.2, 0.25) is 0 Å². The van der Waals surface area contributed by atoms with Crippen LogP contribution in [-0.2, 0) is 4.74 Å². The van der Waals surface area contributed by atoms with Crippen LogP contribution in [0, 0.1) is 0 Å². The predicted octanol–water partition coefficient (Wildman–Crippen LogP) is 3.37. The number of rotatable bonds is 4. The molecule has 4 heterocycles. The van der Waals surface area contributed by atoms with Crippen LogP contribution in [-0.4, -0.2) is 45.9 Å². The van der Waals surface area contributed by atoms with Crippen molar-refractivity contribution in [3.8, 4) is 11.3 Å². The van der Waals surface area contributed by atoms with Gasteiger partial charge in [-0.05, 0) is 42.5 Å². The molecule has 28 heavy (non-hydrogen) atoms. The van der Waals surface area contributed by atoms with Gasteiger partial charge in [-0.2, -0.15) is 0 Å². The fourth-order valence-electron chi connectivity index (χ4n) is 3.42. The highest BCUT2D eigenvalue weighted by molar-refractivity contribution is 5.67. The third kappa shape index (κ3) is 3.27. The van der Waals surface area contributed by atoms with E-state index in [0.717, 1.165) is 48.8 Å². The second-order valence-electron chi connectivity index (χ2n) is 6.65. The van der Waals surface area contributed by atoms with Crippen molar-refractivity contribution >= 4 is 22.8 Å². The third-order valence-corrected chi connectivity index (χ3v) is 4.83. The summed E-state index contributed by atoms with van der Waals surface area (Å²) in [6, 6.07) is 16.3. The smallest absolute Gasteiger partial charge is 0.245 e. The van der Waals surface area contributed by atoms with Gasteiger partial charge in [0.15, 0.2) is 0 Å². The molecule has 0 bridgehead atoms. The lowest BCUT2D eigenvalue weighted by molar-refractivity contribution is 0.122. The fraction of sp³-hybridized carbons (Fsp3) is 0.190. The molecule has 0 atom stereocenters. The maximum Gasteiger partial charge on any atom is 0.245 e. The van der Waals surface area contributed by atoms with Crippen LogP contribution in [0.5, 0.6) is 0 Å². The Balaban J connectivity index is 1.44. The minimum absolute atomic E-state index is 0.549.